The molecular weight excluding hydrogens is 302 g/mol. The first-order valence-corrected chi connectivity index (χ1v) is 6.91. The summed E-state index contributed by atoms with van der Waals surface area (Å²) in [5.41, 5.74) is 5.83. The number of aliphatic carboxylic acids is 1. The number of nitrogens with zero attached hydrogens (tertiary/aromatic N) is 1. The smallest absolute Gasteiger partial charge is 0.408 e. The zero-order chi connectivity index (χ0) is 17.6. The molecule has 1 aromatic carbocycles. The lowest BCUT2D eigenvalue weighted by atomic mass is 10.0. The van der Waals surface area contributed by atoms with Gasteiger partial charge >= 0.3 is 12.1 Å². The van der Waals surface area contributed by atoms with Crippen molar-refractivity contribution in [3.05, 3.63) is 35.4 Å². The van der Waals surface area contributed by atoms with Crippen LogP contribution in [0.15, 0.2) is 29.4 Å². The fourth-order valence-electron chi connectivity index (χ4n) is 1.80. The minimum atomic E-state index is -1.19. The summed E-state index contributed by atoms with van der Waals surface area (Å²) >= 11 is 0. The van der Waals surface area contributed by atoms with Crippen LogP contribution in [0.4, 0.5) is 4.79 Å². The van der Waals surface area contributed by atoms with Crippen LogP contribution in [0.1, 0.15) is 31.9 Å². The molecule has 0 bridgehead atoms. The van der Waals surface area contributed by atoms with Crippen molar-refractivity contribution in [1.29, 1.82) is 0 Å². The average Bonchev–Trinajstić information content (AvgIpc) is 2.44. The van der Waals surface area contributed by atoms with Crippen molar-refractivity contribution >= 4 is 17.9 Å². The number of carboxylic acid groups (broad SMARTS) is 1. The van der Waals surface area contributed by atoms with Crippen molar-refractivity contribution in [2.75, 3.05) is 0 Å². The van der Waals surface area contributed by atoms with Crippen LogP contribution in [0.5, 0.6) is 0 Å². The summed E-state index contributed by atoms with van der Waals surface area (Å²) in [7, 11) is 0. The number of alkyl carbamates (subject to hydrolysis) is 1. The van der Waals surface area contributed by atoms with Crippen molar-refractivity contribution in [2.45, 2.75) is 38.8 Å². The molecule has 1 atom stereocenters. The predicted molar refractivity (Wildman–Crippen MR) is 83.5 cm³/mol. The number of rotatable bonds is 5. The van der Waals surface area contributed by atoms with E-state index in [1.807, 2.05) is 0 Å². The predicted octanol–water partition coefficient (Wildman–Crippen LogP) is 1.30. The molecule has 8 heteroatoms. The highest BCUT2D eigenvalue weighted by Crippen LogP contribution is 2.10. The third kappa shape index (κ3) is 6.25. The van der Waals surface area contributed by atoms with Gasteiger partial charge in [-0.2, -0.15) is 0 Å². The number of oxime groups is 1. The number of hydrogen-bond donors (Lipinski definition) is 4. The quantitative estimate of drug-likeness (QED) is 0.279. The van der Waals surface area contributed by atoms with Crippen molar-refractivity contribution in [3.8, 4) is 0 Å². The van der Waals surface area contributed by atoms with Gasteiger partial charge < -0.3 is 26.1 Å². The van der Waals surface area contributed by atoms with E-state index in [9.17, 15) is 14.7 Å². The number of amidine groups is 1. The summed E-state index contributed by atoms with van der Waals surface area (Å²) in [4.78, 5) is 23.0. The van der Waals surface area contributed by atoms with Crippen LogP contribution in [-0.4, -0.2) is 39.9 Å². The maximum Gasteiger partial charge on any atom is 0.408 e. The third-order valence-electron chi connectivity index (χ3n) is 2.76. The number of ether oxygens (including phenoxy) is 1. The average molecular weight is 323 g/mol. The summed E-state index contributed by atoms with van der Waals surface area (Å²) in [5, 5.41) is 23.1. The van der Waals surface area contributed by atoms with E-state index in [2.05, 4.69) is 10.5 Å². The number of nitrogens with one attached hydrogen (secondary N) is 1. The molecule has 23 heavy (non-hydrogen) atoms. The molecule has 0 radical (unpaired) electrons. The maximum absolute atomic E-state index is 11.7. The fourth-order valence-corrected chi connectivity index (χ4v) is 1.80. The number of nitrogens with two attached hydrogens (primary N) is 1. The summed E-state index contributed by atoms with van der Waals surface area (Å²) in [6.07, 6.45) is -0.779. The van der Waals surface area contributed by atoms with Gasteiger partial charge in [-0.1, -0.05) is 23.4 Å². The van der Waals surface area contributed by atoms with Crippen LogP contribution in [0.3, 0.4) is 0 Å². The number of carbonyl (C=O) groups is 2. The van der Waals surface area contributed by atoms with Gasteiger partial charge in [0.2, 0.25) is 0 Å². The molecule has 1 unspecified atom stereocenters. The summed E-state index contributed by atoms with van der Waals surface area (Å²) in [6, 6.07) is 5.38. The van der Waals surface area contributed by atoms with Gasteiger partial charge in [-0.15, -0.1) is 0 Å². The second-order valence-corrected chi connectivity index (χ2v) is 5.93. The third-order valence-corrected chi connectivity index (χ3v) is 2.76. The van der Waals surface area contributed by atoms with Crippen LogP contribution in [0.25, 0.3) is 0 Å². The Morgan fingerprint density at radius 2 is 2.04 bits per heavy atom. The monoisotopic (exact) mass is 323 g/mol. The van der Waals surface area contributed by atoms with Gasteiger partial charge in [0.25, 0.3) is 0 Å². The van der Waals surface area contributed by atoms with Crippen LogP contribution >= 0.6 is 0 Å². The second kappa shape index (κ2) is 7.48. The van der Waals surface area contributed by atoms with Crippen LogP contribution < -0.4 is 11.1 Å². The van der Waals surface area contributed by atoms with E-state index in [0.29, 0.717) is 11.1 Å². The zero-order valence-electron chi connectivity index (χ0n) is 13.2. The van der Waals surface area contributed by atoms with Crippen molar-refractivity contribution in [3.63, 3.8) is 0 Å². The molecule has 0 aliphatic carbocycles. The lowest BCUT2D eigenvalue weighted by Crippen LogP contribution is -2.44. The van der Waals surface area contributed by atoms with E-state index in [1.165, 1.54) is 0 Å². The van der Waals surface area contributed by atoms with Gasteiger partial charge in [0.1, 0.15) is 11.6 Å². The normalized spacial score (nSPS) is 13.3. The van der Waals surface area contributed by atoms with Gasteiger partial charge in [-0.25, -0.2) is 9.59 Å². The van der Waals surface area contributed by atoms with Gasteiger partial charge in [0, 0.05) is 12.0 Å². The molecular formula is C15H21N3O5. The van der Waals surface area contributed by atoms with Crippen molar-refractivity contribution < 1.29 is 24.6 Å². The van der Waals surface area contributed by atoms with Crippen molar-refractivity contribution in [1.82, 2.24) is 5.32 Å². The largest absolute Gasteiger partial charge is 0.480 e. The minimum absolute atomic E-state index is 0.0289. The molecule has 1 rings (SSSR count). The standard InChI is InChI=1S/C15H21N3O5/c1-15(2,3)23-14(21)17-11(13(19)20)8-9-5-4-6-10(7-9)12(16)18-22/h4-7,11,22H,8H2,1-3H3,(H2,16,18)(H,17,21)(H,19,20). The lowest BCUT2D eigenvalue weighted by molar-refractivity contribution is -0.139. The number of carbonyl (C=O) groups excluding carboxylic acids is 1. The van der Waals surface area contributed by atoms with Gasteiger partial charge in [-0.05, 0) is 32.4 Å². The van der Waals surface area contributed by atoms with E-state index in [0.717, 1.165) is 0 Å². The van der Waals surface area contributed by atoms with E-state index in [1.54, 1.807) is 45.0 Å². The Morgan fingerprint density at radius 1 is 1.39 bits per heavy atom. The highest BCUT2D eigenvalue weighted by Gasteiger charge is 2.24. The molecule has 0 aliphatic heterocycles. The molecule has 1 amide bonds. The molecule has 0 spiro atoms. The Kier molecular flexibility index (Phi) is 5.94. The van der Waals surface area contributed by atoms with Crippen LogP contribution in [0, 0.1) is 0 Å². The highest BCUT2D eigenvalue weighted by atomic mass is 16.6. The first kappa shape index (κ1) is 18.3. The fraction of sp³-hybridized carbons (Fsp3) is 0.400. The first-order valence-electron chi connectivity index (χ1n) is 6.91. The summed E-state index contributed by atoms with van der Waals surface area (Å²) < 4.78 is 5.05. The van der Waals surface area contributed by atoms with Crippen molar-refractivity contribution in [2.24, 2.45) is 10.9 Å². The minimum Gasteiger partial charge on any atom is -0.480 e. The summed E-state index contributed by atoms with van der Waals surface area (Å²) in [6.45, 7) is 5.05. The highest BCUT2D eigenvalue weighted by molar-refractivity contribution is 5.97. The Labute approximate surface area is 133 Å². The number of benzene rings is 1. The molecule has 8 nitrogen and oxygen atoms in total. The Hall–Kier alpha value is -2.77. The second-order valence-electron chi connectivity index (χ2n) is 5.93. The first-order chi connectivity index (χ1) is 10.6. The van der Waals surface area contributed by atoms with E-state index >= 15 is 0 Å². The molecule has 0 aliphatic rings. The molecule has 0 aromatic heterocycles. The van der Waals surface area contributed by atoms with E-state index in [-0.39, 0.29) is 12.3 Å². The molecule has 0 fully saturated rings. The van der Waals surface area contributed by atoms with Gasteiger partial charge in [-0.3, -0.25) is 0 Å². The Morgan fingerprint density at radius 3 is 2.57 bits per heavy atom. The number of hydrogen-bond acceptors (Lipinski definition) is 5. The maximum atomic E-state index is 11.7. The Balaban J connectivity index is 2.85. The molecule has 0 saturated carbocycles. The SMILES string of the molecule is CC(C)(C)OC(=O)NC(Cc1cccc(C(N)=NO)c1)C(=O)O. The topological polar surface area (TPSA) is 134 Å². The van der Waals surface area contributed by atoms with Crippen LogP contribution in [0.2, 0.25) is 0 Å². The zero-order valence-corrected chi connectivity index (χ0v) is 13.2. The molecule has 126 valence electrons. The summed E-state index contributed by atoms with van der Waals surface area (Å²) in [5.74, 6) is -1.27. The molecule has 5 N–H and O–H groups in total. The molecule has 0 saturated heterocycles. The van der Waals surface area contributed by atoms with Gasteiger partial charge in [0.15, 0.2) is 5.84 Å². The van der Waals surface area contributed by atoms with Gasteiger partial charge in [0.05, 0.1) is 0 Å². The molecule has 0 heterocycles. The van der Waals surface area contributed by atoms with Crippen LogP contribution in [-0.2, 0) is 16.0 Å². The lowest BCUT2D eigenvalue weighted by Gasteiger charge is -2.22. The van der Waals surface area contributed by atoms with E-state index in [4.69, 9.17) is 15.7 Å². The molecule has 1 aromatic rings. The number of carboxylic acids is 1. The van der Waals surface area contributed by atoms with E-state index < -0.39 is 23.7 Å². The Bertz CT molecular complexity index is 607. The number of amides is 1.